The Bertz CT molecular complexity index is 676. The second-order valence-electron chi connectivity index (χ2n) is 6.12. The minimum absolute atomic E-state index is 0.125. The molecule has 2 aromatic rings. The highest BCUT2D eigenvalue weighted by atomic mass is 32.1. The van der Waals surface area contributed by atoms with Crippen LogP contribution in [0.1, 0.15) is 28.7 Å². The van der Waals surface area contributed by atoms with Crippen molar-refractivity contribution in [2.24, 2.45) is 0 Å². The van der Waals surface area contributed by atoms with E-state index in [1.807, 2.05) is 12.1 Å². The summed E-state index contributed by atoms with van der Waals surface area (Å²) in [5.41, 5.74) is 1.33. The number of nitrogens with one attached hydrogen (secondary N) is 2. The molecule has 1 aliphatic rings. The van der Waals surface area contributed by atoms with E-state index < -0.39 is 0 Å². The molecule has 1 aliphatic heterocycles. The van der Waals surface area contributed by atoms with E-state index in [0.717, 1.165) is 43.3 Å². The van der Waals surface area contributed by atoms with Crippen LogP contribution in [0.5, 0.6) is 0 Å². The third-order valence-corrected chi connectivity index (χ3v) is 5.37. The lowest BCUT2D eigenvalue weighted by atomic mass is 10.2. The van der Waals surface area contributed by atoms with Crippen molar-refractivity contribution in [2.45, 2.75) is 26.3 Å². The van der Waals surface area contributed by atoms with Gasteiger partial charge in [0.25, 0.3) is 5.91 Å². The van der Waals surface area contributed by atoms with Gasteiger partial charge in [-0.2, -0.15) is 5.10 Å². The van der Waals surface area contributed by atoms with Crippen molar-refractivity contribution < 1.29 is 9.53 Å². The normalized spacial score (nSPS) is 16.9. The molecule has 3 heterocycles. The predicted octanol–water partition coefficient (Wildman–Crippen LogP) is 2.29. The summed E-state index contributed by atoms with van der Waals surface area (Å²) >= 11 is 1.68. The van der Waals surface area contributed by atoms with Gasteiger partial charge in [0.1, 0.15) is 0 Å². The van der Waals surface area contributed by atoms with Crippen molar-refractivity contribution in [3.63, 3.8) is 0 Å². The Balaban J connectivity index is 1.47. The zero-order chi connectivity index (χ0) is 16.9. The average Bonchev–Trinajstić information content (AvgIpc) is 3.24. The molecule has 6 nitrogen and oxygen atoms in total. The van der Waals surface area contributed by atoms with Crippen molar-refractivity contribution in [2.75, 3.05) is 32.8 Å². The van der Waals surface area contributed by atoms with E-state index in [-0.39, 0.29) is 5.91 Å². The number of hydrogen-bond donors (Lipinski definition) is 2. The van der Waals surface area contributed by atoms with Gasteiger partial charge in [-0.05, 0) is 38.5 Å². The predicted molar refractivity (Wildman–Crippen MR) is 95.4 cm³/mol. The molecule has 2 N–H and O–H groups in total. The molecule has 1 fully saturated rings. The highest BCUT2D eigenvalue weighted by Crippen LogP contribution is 2.26. The standard InChI is InChI=1S/C17H24N4O2S/c1-12(21-7-9-23-10-8-21)5-6-18-17(22)15-11-14(19-20-15)16-4-3-13(2)24-16/h3-4,11-12H,5-10H2,1-2H3,(H,18,22)(H,19,20)/t12-/m0/s1. The number of rotatable bonds is 6. The van der Waals surface area contributed by atoms with Gasteiger partial charge >= 0.3 is 0 Å². The Morgan fingerprint density at radius 3 is 2.96 bits per heavy atom. The fourth-order valence-electron chi connectivity index (χ4n) is 2.83. The third-order valence-electron chi connectivity index (χ3n) is 4.33. The van der Waals surface area contributed by atoms with E-state index in [1.54, 1.807) is 11.3 Å². The molecule has 7 heteroatoms. The van der Waals surface area contributed by atoms with Crippen LogP contribution in [0.25, 0.3) is 10.6 Å². The second-order valence-corrected chi connectivity index (χ2v) is 7.41. The topological polar surface area (TPSA) is 70.2 Å². The fraction of sp³-hybridized carbons (Fsp3) is 0.529. The maximum Gasteiger partial charge on any atom is 0.271 e. The first-order chi connectivity index (χ1) is 11.6. The molecule has 0 bridgehead atoms. The van der Waals surface area contributed by atoms with Crippen LogP contribution in [0.2, 0.25) is 0 Å². The molecule has 1 saturated heterocycles. The minimum Gasteiger partial charge on any atom is -0.379 e. The number of carbonyl (C=O) groups is 1. The van der Waals surface area contributed by atoms with E-state index in [0.29, 0.717) is 18.3 Å². The summed E-state index contributed by atoms with van der Waals surface area (Å²) in [6.45, 7) is 8.45. The van der Waals surface area contributed by atoms with E-state index in [9.17, 15) is 4.79 Å². The minimum atomic E-state index is -0.125. The van der Waals surface area contributed by atoms with Gasteiger partial charge in [-0.1, -0.05) is 0 Å². The van der Waals surface area contributed by atoms with Crippen LogP contribution in [-0.2, 0) is 4.74 Å². The molecular formula is C17H24N4O2S. The van der Waals surface area contributed by atoms with Crippen molar-refractivity contribution in [1.29, 1.82) is 0 Å². The van der Waals surface area contributed by atoms with Crippen LogP contribution in [-0.4, -0.2) is 59.9 Å². The summed E-state index contributed by atoms with van der Waals surface area (Å²) in [6.07, 6.45) is 0.924. The van der Waals surface area contributed by atoms with Crippen molar-refractivity contribution in [3.05, 3.63) is 28.8 Å². The summed E-state index contributed by atoms with van der Waals surface area (Å²) in [5, 5.41) is 10.0. The third kappa shape index (κ3) is 4.23. The molecule has 3 rings (SSSR count). The first-order valence-electron chi connectivity index (χ1n) is 8.35. The molecule has 0 unspecified atom stereocenters. The van der Waals surface area contributed by atoms with Gasteiger partial charge in [-0.3, -0.25) is 14.8 Å². The molecule has 1 atom stereocenters. The van der Waals surface area contributed by atoms with Gasteiger partial charge in [0.05, 0.1) is 23.8 Å². The van der Waals surface area contributed by atoms with Gasteiger partial charge in [0, 0.05) is 30.6 Å². The fourth-order valence-corrected chi connectivity index (χ4v) is 3.66. The molecule has 0 radical (unpaired) electrons. The number of aromatic amines is 1. The maximum atomic E-state index is 12.2. The van der Waals surface area contributed by atoms with Crippen LogP contribution in [0, 0.1) is 6.92 Å². The molecule has 1 amide bonds. The van der Waals surface area contributed by atoms with E-state index in [2.05, 4.69) is 40.3 Å². The van der Waals surface area contributed by atoms with Gasteiger partial charge in [0.15, 0.2) is 5.69 Å². The number of ether oxygens (including phenoxy) is 1. The number of aromatic nitrogens is 2. The first-order valence-corrected chi connectivity index (χ1v) is 9.17. The van der Waals surface area contributed by atoms with Gasteiger partial charge in [-0.25, -0.2) is 0 Å². The van der Waals surface area contributed by atoms with Crippen LogP contribution >= 0.6 is 11.3 Å². The molecular weight excluding hydrogens is 324 g/mol. The number of nitrogens with zero attached hydrogens (tertiary/aromatic N) is 2. The van der Waals surface area contributed by atoms with Crippen molar-refractivity contribution in [1.82, 2.24) is 20.4 Å². The Hall–Kier alpha value is -1.70. The number of morpholine rings is 1. The zero-order valence-electron chi connectivity index (χ0n) is 14.2. The number of thiophene rings is 1. The largest absolute Gasteiger partial charge is 0.379 e. The zero-order valence-corrected chi connectivity index (χ0v) is 15.0. The highest BCUT2D eigenvalue weighted by Gasteiger charge is 2.17. The molecule has 130 valence electrons. The highest BCUT2D eigenvalue weighted by molar-refractivity contribution is 7.15. The summed E-state index contributed by atoms with van der Waals surface area (Å²) in [7, 11) is 0. The van der Waals surface area contributed by atoms with Crippen LogP contribution in [0.4, 0.5) is 0 Å². The Kier molecular flexibility index (Phi) is 5.65. The number of aryl methyl sites for hydroxylation is 1. The number of carbonyl (C=O) groups excluding carboxylic acids is 1. The molecule has 0 aliphatic carbocycles. The lowest BCUT2D eigenvalue weighted by molar-refractivity contribution is 0.0187. The average molecular weight is 348 g/mol. The second kappa shape index (κ2) is 7.92. The number of amides is 1. The summed E-state index contributed by atoms with van der Waals surface area (Å²) < 4.78 is 5.37. The van der Waals surface area contributed by atoms with Gasteiger partial charge in [0.2, 0.25) is 0 Å². The number of H-pyrrole nitrogens is 1. The molecule has 0 saturated carbocycles. The van der Waals surface area contributed by atoms with Crippen LogP contribution in [0.15, 0.2) is 18.2 Å². The van der Waals surface area contributed by atoms with Crippen molar-refractivity contribution in [3.8, 4) is 10.6 Å². The quantitative estimate of drug-likeness (QED) is 0.840. The number of hydrogen-bond acceptors (Lipinski definition) is 5. The lowest BCUT2D eigenvalue weighted by Crippen LogP contribution is -2.43. The molecule has 24 heavy (non-hydrogen) atoms. The SMILES string of the molecule is Cc1ccc(-c2cc(C(=O)NCC[C@H](C)N3CCOCC3)n[nH]2)s1. The van der Waals surface area contributed by atoms with Gasteiger partial charge in [-0.15, -0.1) is 11.3 Å². The van der Waals surface area contributed by atoms with E-state index >= 15 is 0 Å². The Labute approximate surface area is 146 Å². The molecule has 0 aromatic carbocycles. The summed E-state index contributed by atoms with van der Waals surface area (Å²) in [5.74, 6) is -0.125. The Morgan fingerprint density at radius 1 is 1.46 bits per heavy atom. The van der Waals surface area contributed by atoms with Gasteiger partial charge < -0.3 is 10.1 Å². The molecule has 2 aromatic heterocycles. The van der Waals surface area contributed by atoms with Crippen LogP contribution < -0.4 is 5.32 Å². The van der Waals surface area contributed by atoms with E-state index in [1.165, 1.54) is 4.88 Å². The van der Waals surface area contributed by atoms with Crippen molar-refractivity contribution >= 4 is 17.2 Å². The Morgan fingerprint density at radius 2 is 2.25 bits per heavy atom. The first kappa shape index (κ1) is 17.1. The lowest BCUT2D eigenvalue weighted by Gasteiger charge is -2.32. The summed E-state index contributed by atoms with van der Waals surface area (Å²) in [6, 6.07) is 6.36. The maximum absolute atomic E-state index is 12.2. The van der Waals surface area contributed by atoms with Crippen LogP contribution in [0.3, 0.4) is 0 Å². The summed E-state index contributed by atoms with van der Waals surface area (Å²) in [4.78, 5) is 17.0. The smallest absolute Gasteiger partial charge is 0.271 e. The van der Waals surface area contributed by atoms with E-state index in [4.69, 9.17) is 4.74 Å². The molecule has 0 spiro atoms. The monoisotopic (exact) mass is 348 g/mol.